The monoisotopic (exact) mass is 259 g/mol. The quantitative estimate of drug-likeness (QED) is 0.882. The molecule has 4 nitrogen and oxygen atoms in total. The summed E-state index contributed by atoms with van der Waals surface area (Å²) in [5.74, 6) is 0.0857. The zero-order valence-electron chi connectivity index (χ0n) is 10.2. The van der Waals surface area contributed by atoms with Gasteiger partial charge in [-0.15, -0.1) is 8.78 Å². The first-order valence-corrected chi connectivity index (χ1v) is 5.69. The van der Waals surface area contributed by atoms with E-state index in [0.717, 1.165) is 6.42 Å². The van der Waals surface area contributed by atoms with Gasteiger partial charge in [-0.1, -0.05) is 6.92 Å². The van der Waals surface area contributed by atoms with Crippen molar-refractivity contribution in [1.29, 1.82) is 0 Å². The molecule has 18 heavy (non-hydrogen) atoms. The van der Waals surface area contributed by atoms with Crippen LogP contribution in [0.3, 0.4) is 0 Å². The number of nitrogens with one attached hydrogen (secondary N) is 1. The fourth-order valence-corrected chi connectivity index (χ4v) is 1.74. The molecule has 1 N–H and O–H groups in total. The van der Waals surface area contributed by atoms with Crippen LogP contribution in [0.25, 0.3) is 0 Å². The highest BCUT2D eigenvalue weighted by molar-refractivity contribution is 5.56. The van der Waals surface area contributed by atoms with E-state index in [1.54, 1.807) is 13.2 Å². The Morgan fingerprint density at radius 3 is 2.72 bits per heavy atom. The van der Waals surface area contributed by atoms with Crippen LogP contribution in [0.5, 0.6) is 11.5 Å². The molecule has 6 heteroatoms. The van der Waals surface area contributed by atoms with E-state index in [9.17, 15) is 8.78 Å². The minimum atomic E-state index is -3.57. The molecule has 1 aliphatic rings. The second kappa shape index (κ2) is 4.97. The SMILES string of the molecule is CCC(COC)Nc1ccc2c(c1)OC(F)(F)O2. The van der Waals surface area contributed by atoms with Gasteiger partial charge in [0.1, 0.15) is 0 Å². The van der Waals surface area contributed by atoms with Crippen LogP contribution in [-0.2, 0) is 4.74 Å². The Kier molecular flexibility index (Phi) is 3.56. The first-order chi connectivity index (χ1) is 8.54. The van der Waals surface area contributed by atoms with Crippen LogP contribution in [0.4, 0.5) is 14.5 Å². The molecular formula is C12H15F2NO3. The summed E-state index contributed by atoms with van der Waals surface area (Å²) in [5.41, 5.74) is 0.693. The van der Waals surface area contributed by atoms with E-state index in [4.69, 9.17) is 4.74 Å². The van der Waals surface area contributed by atoms with E-state index in [1.807, 2.05) is 6.92 Å². The second-order valence-corrected chi connectivity index (χ2v) is 4.03. The van der Waals surface area contributed by atoms with Gasteiger partial charge in [0.2, 0.25) is 0 Å². The molecule has 0 bridgehead atoms. The van der Waals surface area contributed by atoms with E-state index < -0.39 is 6.29 Å². The normalized spacial score (nSPS) is 17.6. The minimum Gasteiger partial charge on any atom is -0.395 e. The Morgan fingerprint density at radius 2 is 2.06 bits per heavy atom. The van der Waals surface area contributed by atoms with Gasteiger partial charge in [0.15, 0.2) is 11.5 Å². The Labute approximate surface area is 104 Å². The summed E-state index contributed by atoms with van der Waals surface area (Å²) in [7, 11) is 1.62. The molecule has 1 aromatic carbocycles. The average Bonchev–Trinajstić information content (AvgIpc) is 2.61. The molecule has 1 atom stereocenters. The summed E-state index contributed by atoms with van der Waals surface area (Å²) in [6.45, 7) is 2.55. The van der Waals surface area contributed by atoms with Crippen LogP contribution in [0, 0.1) is 0 Å². The molecule has 0 aliphatic carbocycles. The summed E-state index contributed by atoms with van der Waals surface area (Å²) in [6.07, 6.45) is -2.71. The van der Waals surface area contributed by atoms with Gasteiger partial charge in [0, 0.05) is 24.9 Å². The summed E-state index contributed by atoms with van der Waals surface area (Å²) >= 11 is 0. The van der Waals surface area contributed by atoms with Crippen molar-refractivity contribution < 1.29 is 23.0 Å². The first-order valence-electron chi connectivity index (χ1n) is 5.69. The number of hydrogen-bond acceptors (Lipinski definition) is 4. The maximum atomic E-state index is 12.8. The molecule has 0 amide bonds. The third-order valence-electron chi connectivity index (χ3n) is 2.63. The topological polar surface area (TPSA) is 39.7 Å². The lowest BCUT2D eigenvalue weighted by molar-refractivity contribution is -0.286. The van der Waals surface area contributed by atoms with Gasteiger partial charge in [-0.2, -0.15) is 0 Å². The average molecular weight is 259 g/mol. The second-order valence-electron chi connectivity index (χ2n) is 4.03. The fraction of sp³-hybridized carbons (Fsp3) is 0.500. The number of fused-ring (bicyclic) bond motifs is 1. The zero-order chi connectivity index (χ0) is 13.2. The smallest absolute Gasteiger partial charge is 0.395 e. The summed E-state index contributed by atoms with van der Waals surface area (Å²) in [4.78, 5) is 0. The van der Waals surface area contributed by atoms with Crippen molar-refractivity contribution >= 4 is 5.69 Å². The largest absolute Gasteiger partial charge is 0.586 e. The van der Waals surface area contributed by atoms with Crippen molar-refractivity contribution in [1.82, 2.24) is 0 Å². The molecule has 0 saturated heterocycles. The highest BCUT2D eigenvalue weighted by atomic mass is 19.3. The van der Waals surface area contributed by atoms with Gasteiger partial charge in [0.25, 0.3) is 0 Å². The number of hydrogen-bond donors (Lipinski definition) is 1. The maximum Gasteiger partial charge on any atom is 0.586 e. The zero-order valence-corrected chi connectivity index (χ0v) is 10.2. The van der Waals surface area contributed by atoms with Crippen LogP contribution >= 0.6 is 0 Å². The number of halogens is 2. The lowest BCUT2D eigenvalue weighted by atomic mass is 10.2. The van der Waals surface area contributed by atoms with Crippen LogP contribution in [-0.4, -0.2) is 26.1 Å². The Hall–Kier alpha value is -1.56. The van der Waals surface area contributed by atoms with Gasteiger partial charge in [-0.05, 0) is 18.6 Å². The third kappa shape index (κ3) is 2.81. The number of rotatable bonds is 5. The summed E-state index contributed by atoms with van der Waals surface area (Å²) < 4.78 is 39.4. The minimum absolute atomic E-state index is 0.0391. The number of anilines is 1. The van der Waals surface area contributed by atoms with Gasteiger partial charge < -0.3 is 19.5 Å². The number of alkyl halides is 2. The van der Waals surface area contributed by atoms with E-state index in [0.29, 0.717) is 12.3 Å². The van der Waals surface area contributed by atoms with E-state index >= 15 is 0 Å². The molecule has 0 spiro atoms. The van der Waals surface area contributed by atoms with E-state index in [1.165, 1.54) is 12.1 Å². The molecule has 2 rings (SSSR count). The highest BCUT2D eigenvalue weighted by Gasteiger charge is 2.43. The molecular weight excluding hydrogens is 244 g/mol. The Balaban J connectivity index is 2.09. The standard InChI is InChI=1S/C12H15F2NO3/c1-3-8(7-16-2)15-9-4-5-10-11(6-9)18-12(13,14)17-10/h4-6,8,15H,3,7H2,1-2H3. The summed E-state index contributed by atoms with van der Waals surface area (Å²) in [5, 5.41) is 3.18. The molecule has 0 radical (unpaired) electrons. The van der Waals surface area contributed by atoms with Crippen LogP contribution in [0.15, 0.2) is 18.2 Å². The van der Waals surface area contributed by atoms with E-state index in [-0.39, 0.29) is 17.5 Å². The lowest BCUT2D eigenvalue weighted by Gasteiger charge is -2.17. The molecule has 1 aliphatic heterocycles. The van der Waals surface area contributed by atoms with Gasteiger partial charge >= 0.3 is 6.29 Å². The molecule has 1 unspecified atom stereocenters. The van der Waals surface area contributed by atoms with Gasteiger partial charge in [-0.3, -0.25) is 0 Å². The van der Waals surface area contributed by atoms with Crippen LogP contribution in [0.1, 0.15) is 13.3 Å². The molecule has 1 aromatic rings. The van der Waals surface area contributed by atoms with Crippen molar-refractivity contribution in [2.75, 3.05) is 19.0 Å². The molecule has 0 aromatic heterocycles. The molecule has 1 heterocycles. The number of benzene rings is 1. The van der Waals surface area contributed by atoms with E-state index in [2.05, 4.69) is 14.8 Å². The Morgan fingerprint density at radius 1 is 1.33 bits per heavy atom. The predicted molar refractivity (Wildman–Crippen MR) is 62.2 cm³/mol. The molecule has 0 saturated carbocycles. The van der Waals surface area contributed by atoms with Crippen molar-refractivity contribution in [3.63, 3.8) is 0 Å². The van der Waals surface area contributed by atoms with Gasteiger partial charge in [0.05, 0.1) is 6.61 Å². The first kappa shape index (κ1) is 12.9. The number of methoxy groups -OCH3 is 1. The lowest BCUT2D eigenvalue weighted by Crippen LogP contribution is -2.26. The molecule has 100 valence electrons. The number of ether oxygens (including phenoxy) is 3. The van der Waals surface area contributed by atoms with Gasteiger partial charge in [-0.25, -0.2) is 0 Å². The van der Waals surface area contributed by atoms with Crippen LogP contribution in [0.2, 0.25) is 0 Å². The molecule has 0 fully saturated rings. The summed E-state index contributed by atoms with van der Waals surface area (Å²) in [6, 6.07) is 4.74. The van der Waals surface area contributed by atoms with Crippen molar-refractivity contribution in [2.24, 2.45) is 0 Å². The fourth-order valence-electron chi connectivity index (χ4n) is 1.74. The van der Waals surface area contributed by atoms with Crippen molar-refractivity contribution in [3.8, 4) is 11.5 Å². The van der Waals surface area contributed by atoms with Crippen molar-refractivity contribution in [3.05, 3.63) is 18.2 Å². The predicted octanol–water partition coefficient (Wildman–Crippen LogP) is 2.85. The highest BCUT2D eigenvalue weighted by Crippen LogP contribution is 2.42. The van der Waals surface area contributed by atoms with Crippen LogP contribution < -0.4 is 14.8 Å². The third-order valence-corrected chi connectivity index (χ3v) is 2.63. The van der Waals surface area contributed by atoms with Crippen molar-refractivity contribution in [2.45, 2.75) is 25.7 Å². The maximum absolute atomic E-state index is 12.8. The Bertz CT molecular complexity index is 426.